The highest BCUT2D eigenvalue weighted by atomic mass is 16.5. The van der Waals surface area contributed by atoms with Crippen molar-refractivity contribution in [2.75, 3.05) is 31.2 Å². The first-order chi connectivity index (χ1) is 16.7. The van der Waals surface area contributed by atoms with E-state index in [0.29, 0.717) is 37.6 Å². The third-order valence-electron chi connectivity index (χ3n) is 6.40. The topological polar surface area (TPSA) is 101 Å². The second-order valence-corrected chi connectivity index (χ2v) is 9.41. The maximum Gasteiger partial charge on any atom is 0.273 e. The summed E-state index contributed by atoms with van der Waals surface area (Å²) >= 11 is 0. The van der Waals surface area contributed by atoms with Crippen LogP contribution in [0.25, 0.3) is 11.1 Å². The van der Waals surface area contributed by atoms with E-state index < -0.39 is 5.41 Å². The van der Waals surface area contributed by atoms with Gasteiger partial charge in [-0.1, -0.05) is 6.07 Å². The molecule has 1 aliphatic heterocycles. The molecule has 0 aliphatic carbocycles. The number of nitrogens with zero attached hydrogens (tertiary/aromatic N) is 5. The van der Waals surface area contributed by atoms with Crippen LogP contribution in [0.5, 0.6) is 0 Å². The Morgan fingerprint density at radius 2 is 1.91 bits per heavy atom. The molecule has 0 unspecified atom stereocenters. The molecule has 1 saturated heterocycles. The fourth-order valence-electron chi connectivity index (χ4n) is 4.13. The second kappa shape index (κ2) is 9.80. The lowest BCUT2D eigenvalue weighted by Crippen LogP contribution is -2.40. The molecule has 4 rings (SSSR count). The molecule has 35 heavy (non-hydrogen) atoms. The fourth-order valence-corrected chi connectivity index (χ4v) is 4.13. The maximum absolute atomic E-state index is 13.2. The van der Waals surface area contributed by atoms with Crippen LogP contribution < -0.4 is 10.5 Å². The molecule has 0 atom stereocenters. The van der Waals surface area contributed by atoms with Crippen molar-refractivity contribution in [2.24, 2.45) is 7.05 Å². The van der Waals surface area contributed by atoms with E-state index in [9.17, 15) is 14.9 Å². The number of aryl methyl sites for hydroxylation is 2. The zero-order valence-corrected chi connectivity index (χ0v) is 20.5. The van der Waals surface area contributed by atoms with E-state index in [2.05, 4.69) is 16.0 Å². The van der Waals surface area contributed by atoms with Crippen molar-refractivity contribution in [1.29, 1.82) is 5.26 Å². The fraction of sp³-hybridized carbons (Fsp3) is 0.370. The molecule has 180 valence electrons. The van der Waals surface area contributed by atoms with E-state index >= 15 is 0 Å². The second-order valence-electron chi connectivity index (χ2n) is 9.41. The number of hydrogen-bond acceptors (Lipinski definition) is 7. The van der Waals surface area contributed by atoms with E-state index in [1.165, 1.54) is 0 Å². The molecule has 3 aromatic rings. The Morgan fingerprint density at radius 1 is 1.17 bits per heavy atom. The number of morpholine rings is 1. The molecule has 0 radical (unpaired) electrons. The molecule has 0 spiro atoms. The largest absolute Gasteiger partial charge is 0.378 e. The normalized spacial score (nSPS) is 14.0. The number of anilines is 1. The van der Waals surface area contributed by atoms with Gasteiger partial charge in [0, 0.05) is 73.7 Å². The van der Waals surface area contributed by atoms with E-state index in [1.807, 2.05) is 43.9 Å². The van der Waals surface area contributed by atoms with Crippen LogP contribution in [0.15, 0.2) is 47.8 Å². The number of Topliss-reactive ketones (excluding diaryl/α,β-unsaturated/α-hetero) is 1. The van der Waals surface area contributed by atoms with Gasteiger partial charge < -0.3 is 14.2 Å². The van der Waals surface area contributed by atoms with E-state index in [1.54, 1.807) is 36.4 Å². The molecule has 8 nitrogen and oxygen atoms in total. The first-order valence-electron chi connectivity index (χ1n) is 11.6. The van der Waals surface area contributed by atoms with Crippen LogP contribution in [-0.4, -0.2) is 46.6 Å². The highest BCUT2D eigenvalue weighted by Crippen LogP contribution is 2.27. The summed E-state index contributed by atoms with van der Waals surface area (Å²) in [6.45, 7) is 8.02. The van der Waals surface area contributed by atoms with E-state index in [0.717, 1.165) is 27.9 Å². The zero-order valence-electron chi connectivity index (χ0n) is 20.5. The summed E-state index contributed by atoms with van der Waals surface area (Å²) < 4.78 is 7.00. The van der Waals surface area contributed by atoms with Crippen molar-refractivity contribution in [3.8, 4) is 17.2 Å². The van der Waals surface area contributed by atoms with Gasteiger partial charge in [-0.2, -0.15) is 5.26 Å². The number of aromatic nitrogens is 3. The molecular formula is C27H29N5O3. The molecule has 1 fully saturated rings. The first-order valence-corrected chi connectivity index (χ1v) is 11.6. The van der Waals surface area contributed by atoms with E-state index in [4.69, 9.17) is 4.74 Å². The summed E-state index contributed by atoms with van der Waals surface area (Å²) in [5, 5.41) is 9.42. The lowest BCUT2D eigenvalue weighted by Gasteiger charge is -2.28. The zero-order chi connectivity index (χ0) is 25.2. The van der Waals surface area contributed by atoms with Crippen molar-refractivity contribution in [1.82, 2.24) is 14.5 Å². The highest BCUT2D eigenvalue weighted by Gasteiger charge is 2.22. The number of hydrogen-bond donors (Lipinski definition) is 0. The first kappa shape index (κ1) is 24.3. The number of ketones is 1. The number of rotatable bonds is 6. The molecule has 1 aliphatic rings. The van der Waals surface area contributed by atoms with Crippen LogP contribution in [0.4, 0.5) is 5.69 Å². The summed E-state index contributed by atoms with van der Waals surface area (Å²) in [6, 6.07) is 7.84. The molecule has 8 heteroatoms. The van der Waals surface area contributed by atoms with Crippen molar-refractivity contribution < 1.29 is 9.53 Å². The third-order valence-corrected chi connectivity index (χ3v) is 6.40. The lowest BCUT2D eigenvalue weighted by molar-refractivity contribution is 0.0992. The molecule has 0 aromatic carbocycles. The molecular weight excluding hydrogens is 442 g/mol. The van der Waals surface area contributed by atoms with Crippen LogP contribution in [-0.2, 0) is 23.6 Å². The van der Waals surface area contributed by atoms with Crippen LogP contribution >= 0.6 is 0 Å². The predicted octanol–water partition coefficient (Wildman–Crippen LogP) is 3.21. The van der Waals surface area contributed by atoms with Crippen molar-refractivity contribution >= 4 is 11.5 Å². The Bertz CT molecular complexity index is 1360. The van der Waals surface area contributed by atoms with Gasteiger partial charge in [0.05, 0.1) is 24.7 Å². The number of carbonyl (C=O) groups excluding carboxylic acids is 1. The Morgan fingerprint density at radius 3 is 2.63 bits per heavy atom. The average Bonchev–Trinajstić information content (AvgIpc) is 2.86. The maximum atomic E-state index is 13.2. The Balaban J connectivity index is 1.66. The highest BCUT2D eigenvalue weighted by molar-refractivity contribution is 5.98. The van der Waals surface area contributed by atoms with Gasteiger partial charge in [0.2, 0.25) is 0 Å². The predicted molar refractivity (Wildman–Crippen MR) is 134 cm³/mol. The number of pyridine rings is 3. The van der Waals surface area contributed by atoms with Crippen LogP contribution in [0.2, 0.25) is 0 Å². The minimum atomic E-state index is -0.688. The standard InChI is InChI=1S/C27H29N5O3/c1-18-23(21-12-24(26(34)31(4)16-21)32-5-7-35-8-6-32)11-20(14-30-18)25(33)10-19-9-22(15-29-13-19)27(2,3)17-28/h9,11-16H,5-8,10H2,1-4H3. The summed E-state index contributed by atoms with van der Waals surface area (Å²) in [5.74, 6) is -0.0920. The Labute approximate surface area is 204 Å². The quantitative estimate of drug-likeness (QED) is 0.509. The van der Waals surface area contributed by atoms with Crippen molar-refractivity contribution in [2.45, 2.75) is 32.6 Å². The minimum Gasteiger partial charge on any atom is -0.378 e. The molecule has 3 aromatic heterocycles. The van der Waals surface area contributed by atoms with Gasteiger partial charge in [0.15, 0.2) is 5.78 Å². The summed E-state index contributed by atoms with van der Waals surface area (Å²) in [5.41, 5.74) is 4.26. The molecule has 0 bridgehead atoms. The van der Waals surface area contributed by atoms with Gasteiger partial charge in [-0.15, -0.1) is 0 Å². The molecule has 0 saturated carbocycles. The van der Waals surface area contributed by atoms with Crippen molar-refractivity contribution in [3.05, 3.63) is 75.7 Å². The van der Waals surface area contributed by atoms with Crippen LogP contribution in [0.3, 0.4) is 0 Å². The van der Waals surface area contributed by atoms with Gasteiger partial charge in [0.25, 0.3) is 5.56 Å². The molecule has 0 amide bonds. The average molecular weight is 472 g/mol. The lowest BCUT2D eigenvalue weighted by atomic mass is 9.86. The smallest absolute Gasteiger partial charge is 0.273 e. The van der Waals surface area contributed by atoms with Gasteiger partial charge in [0.1, 0.15) is 5.69 Å². The number of carbonyl (C=O) groups is 1. The van der Waals surface area contributed by atoms with Crippen molar-refractivity contribution in [3.63, 3.8) is 0 Å². The molecule has 0 N–H and O–H groups in total. The van der Waals surface area contributed by atoms with Gasteiger partial charge in [-0.05, 0) is 44.0 Å². The van der Waals surface area contributed by atoms with Crippen LogP contribution in [0, 0.1) is 18.3 Å². The number of nitriles is 1. The van der Waals surface area contributed by atoms with Crippen LogP contribution in [0.1, 0.15) is 41.0 Å². The minimum absolute atomic E-state index is 0.0684. The Kier molecular flexibility index (Phi) is 6.81. The molecule has 4 heterocycles. The SMILES string of the molecule is Cc1ncc(C(=O)Cc2cncc(C(C)(C)C#N)c2)cc1-c1cc(N2CCOCC2)c(=O)n(C)c1. The van der Waals surface area contributed by atoms with Gasteiger partial charge >= 0.3 is 0 Å². The Hall–Kier alpha value is -3.83. The van der Waals surface area contributed by atoms with Gasteiger partial charge in [-0.25, -0.2) is 0 Å². The third kappa shape index (κ3) is 5.15. The van der Waals surface area contributed by atoms with E-state index in [-0.39, 0.29) is 17.8 Å². The van der Waals surface area contributed by atoms with Gasteiger partial charge in [-0.3, -0.25) is 19.6 Å². The number of ether oxygens (including phenoxy) is 1. The summed E-state index contributed by atoms with van der Waals surface area (Å²) in [6.07, 6.45) is 6.83. The summed E-state index contributed by atoms with van der Waals surface area (Å²) in [7, 11) is 1.73. The summed E-state index contributed by atoms with van der Waals surface area (Å²) in [4.78, 5) is 36.7. The monoisotopic (exact) mass is 471 g/mol.